The van der Waals surface area contributed by atoms with E-state index in [4.69, 9.17) is 0 Å². The van der Waals surface area contributed by atoms with Crippen molar-refractivity contribution < 1.29 is 0 Å². The zero-order chi connectivity index (χ0) is 11.5. The van der Waals surface area contributed by atoms with Crippen molar-refractivity contribution in [1.82, 2.24) is 0 Å². The lowest BCUT2D eigenvalue weighted by Crippen LogP contribution is -2.26. The lowest BCUT2D eigenvalue weighted by Gasteiger charge is -2.32. The minimum atomic E-state index is 0.733. The predicted octanol–water partition coefficient (Wildman–Crippen LogP) is 5.64. The Labute approximate surface area is 119 Å². The second-order valence-electron chi connectivity index (χ2n) is 4.77. The fourth-order valence-electron chi connectivity index (χ4n) is 2.63. The Balaban J connectivity index is 1.96. The molecule has 1 aliphatic carbocycles. The summed E-state index contributed by atoms with van der Waals surface area (Å²) in [4.78, 5) is 2.26. The first-order valence-electron chi connectivity index (χ1n) is 6.07. The van der Waals surface area contributed by atoms with Gasteiger partial charge in [0.2, 0.25) is 0 Å². The first-order valence-corrected chi connectivity index (χ1v) is 8.59. The summed E-state index contributed by atoms with van der Waals surface area (Å²) in [6, 6.07) is 4.44. The minimum absolute atomic E-state index is 0.733. The van der Waals surface area contributed by atoms with Crippen molar-refractivity contribution in [2.45, 2.75) is 43.9 Å². The molecule has 3 unspecified atom stereocenters. The van der Waals surface area contributed by atoms with Gasteiger partial charge in [-0.2, -0.15) is 0 Å². The van der Waals surface area contributed by atoms with Crippen molar-refractivity contribution in [2.75, 3.05) is 0 Å². The van der Waals surface area contributed by atoms with Gasteiger partial charge in [0.15, 0.2) is 0 Å². The van der Waals surface area contributed by atoms with Crippen molar-refractivity contribution in [3.8, 4) is 0 Å². The van der Waals surface area contributed by atoms with Gasteiger partial charge in [0.1, 0.15) is 0 Å². The molecule has 1 aromatic rings. The largest absolute Gasteiger partial charge is 0.133 e. The van der Waals surface area contributed by atoms with Gasteiger partial charge in [0, 0.05) is 9.70 Å². The summed E-state index contributed by atoms with van der Waals surface area (Å²) in [5, 5.41) is 0. The van der Waals surface area contributed by atoms with Gasteiger partial charge >= 0.3 is 0 Å². The Kier molecular flexibility index (Phi) is 4.92. The van der Waals surface area contributed by atoms with Gasteiger partial charge in [-0.05, 0) is 65.6 Å². The molecule has 1 heterocycles. The van der Waals surface area contributed by atoms with Gasteiger partial charge in [0.05, 0.1) is 3.79 Å². The molecule has 3 heteroatoms. The number of thiophene rings is 1. The topological polar surface area (TPSA) is 0 Å². The third-order valence-electron chi connectivity index (χ3n) is 3.67. The van der Waals surface area contributed by atoms with E-state index in [1.54, 1.807) is 0 Å². The molecule has 0 amide bonds. The van der Waals surface area contributed by atoms with E-state index >= 15 is 0 Å². The molecule has 0 spiro atoms. The summed E-state index contributed by atoms with van der Waals surface area (Å²) in [6.07, 6.45) is 6.78. The van der Waals surface area contributed by atoms with E-state index in [9.17, 15) is 0 Å². The fourth-order valence-corrected chi connectivity index (χ4v) is 4.87. The molecule has 0 N–H and O–H groups in total. The average molecular weight is 366 g/mol. The predicted molar refractivity (Wildman–Crippen MR) is 79.6 cm³/mol. The number of hydrogen-bond donors (Lipinski definition) is 0. The number of alkyl halides is 1. The molecule has 0 radical (unpaired) electrons. The Morgan fingerprint density at radius 3 is 2.81 bits per heavy atom. The summed E-state index contributed by atoms with van der Waals surface area (Å²) in [7, 11) is 0. The maximum Gasteiger partial charge on any atom is 0.0701 e. The van der Waals surface area contributed by atoms with E-state index in [2.05, 4.69) is 50.9 Å². The van der Waals surface area contributed by atoms with Crippen LogP contribution < -0.4 is 0 Å². The van der Waals surface area contributed by atoms with Crippen LogP contribution in [0.4, 0.5) is 0 Å². The van der Waals surface area contributed by atoms with Crippen LogP contribution in [0.25, 0.3) is 0 Å². The van der Waals surface area contributed by atoms with Crippen LogP contribution >= 0.6 is 43.2 Å². The first kappa shape index (κ1) is 13.1. The van der Waals surface area contributed by atoms with E-state index in [1.165, 1.54) is 40.8 Å². The molecular formula is C13H18Br2S. The highest BCUT2D eigenvalue weighted by Gasteiger charge is 2.28. The van der Waals surface area contributed by atoms with E-state index in [-0.39, 0.29) is 0 Å². The standard InChI is InChI=1S/C13H18Br2S/c1-2-9-3-5-12(14)10(7-9)8-11-4-6-13(15)16-11/h4,6,9-10,12H,2-3,5,7-8H2,1H3. The Bertz CT molecular complexity index is 334. The van der Waals surface area contributed by atoms with Crippen molar-refractivity contribution >= 4 is 43.2 Å². The summed E-state index contributed by atoms with van der Waals surface area (Å²) >= 11 is 9.30. The van der Waals surface area contributed by atoms with Gasteiger partial charge in [0.25, 0.3) is 0 Å². The van der Waals surface area contributed by atoms with Crippen molar-refractivity contribution in [2.24, 2.45) is 11.8 Å². The van der Waals surface area contributed by atoms with E-state index < -0.39 is 0 Å². The second kappa shape index (κ2) is 6.01. The van der Waals surface area contributed by atoms with Gasteiger partial charge in [-0.3, -0.25) is 0 Å². The van der Waals surface area contributed by atoms with Gasteiger partial charge in [-0.25, -0.2) is 0 Å². The van der Waals surface area contributed by atoms with Crippen molar-refractivity contribution in [3.63, 3.8) is 0 Å². The van der Waals surface area contributed by atoms with Crippen LogP contribution in [-0.2, 0) is 6.42 Å². The molecule has 0 aromatic carbocycles. The van der Waals surface area contributed by atoms with Gasteiger partial charge in [-0.1, -0.05) is 29.3 Å². The summed E-state index contributed by atoms with van der Waals surface area (Å²) in [6.45, 7) is 2.33. The molecule has 90 valence electrons. The maximum absolute atomic E-state index is 3.87. The van der Waals surface area contributed by atoms with Gasteiger partial charge < -0.3 is 0 Å². The highest BCUT2D eigenvalue weighted by atomic mass is 79.9. The van der Waals surface area contributed by atoms with Crippen LogP contribution in [0.1, 0.15) is 37.5 Å². The molecule has 2 rings (SSSR count). The molecule has 0 nitrogen and oxygen atoms in total. The summed E-state index contributed by atoms with van der Waals surface area (Å²) < 4.78 is 1.26. The zero-order valence-corrected chi connectivity index (χ0v) is 13.6. The monoisotopic (exact) mass is 364 g/mol. The van der Waals surface area contributed by atoms with Crippen LogP contribution in [0.2, 0.25) is 0 Å². The summed E-state index contributed by atoms with van der Waals surface area (Å²) in [5.74, 6) is 1.80. The molecule has 1 fully saturated rings. The normalized spacial score (nSPS) is 30.6. The van der Waals surface area contributed by atoms with Crippen LogP contribution in [0.15, 0.2) is 15.9 Å². The smallest absolute Gasteiger partial charge is 0.0701 e. The average Bonchev–Trinajstić information content (AvgIpc) is 2.67. The van der Waals surface area contributed by atoms with E-state index in [1.807, 2.05) is 11.3 Å². The van der Waals surface area contributed by atoms with Crippen LogP contribution in [-0.4, -0.2) is 4.83 Å². The lowest BCUT2D eigenvalue weighted by molar-refractivity contribution is 0.272. The molecule has 1 saturated carbocycles. The third kappa shape index (κ3) is 3.33. The molecule has 0 bridgehead atoms. The van der Waals surface area contributed by atoms with E-state index in [0.29, 0.717) is 0 Å². The molecule has 1 aromatic heterocycles. The Morgan fingerprint density at radius 1 is 1.38 bits per heavy atom. The molecule has 16 heavy (non-hydrogen) atoms. The highest BCUT2D eigenvalue weighted by molar-refractivity contribution is 9.11. The fraction of sp³-hybridized carbons (Fsp3) is 0.692. The molecule has 3 atom stereocenters. The van der Waals surface area contributed by atoms with E-state index in [0.717, 1.165) is 16.7 Å². The highest BCUT2D eigenvalue weighted by Crippen LogP contribution is 2.38. The van der Waals surface area contributed by atoms with Crippen molar-refractivity contribution in [1.29, 1.82) is 0 Å². The number of rotatable bonds is 3. The lowest BCUT2D eigenvalue weighted by atomic mass is 9.78. The third-order valence-corrected chi connectivity index (χ3v) is 6.52. The number of halogens is 2. The number of hydrogen-bond acceptors (Lipinski definition) is 1. The molecular weight excluding hydrogens is 348 g/mol. The SMILES string of the molecule is CCC1CCC(Br)C(Cc2ccc(Br)s2)C1. The Morgan fingerprint density at radius 2 is 2.19 bits per heavy atom. The van der Waals surface area contributed by atoms with Crippen molar-refractivity contribution in [3.05, 3.63) is 20.8 Å². The first-order chi connectivity index (χ1) is 7.69. The van der Waals surface area contributed by atoms with Crippen LogP contribution in [0, 0.1) is 11.8 Å². The minimum Gasteiger partial charge on any atom is -0.133 e. The van der Waals surface area contributed by atoms with Crippen LogP contribution in [0.3, 0.4) is 0 Å². The second-order valence-corrected chi connectivity index (χ2v) is 8.50. The van der Waals surface area contributed by atoms with Gasteiger partial charge in [-0.15, -0.1) is 11.3 Å². The molecule has 0 saturated heterocycles. The molecule has 1 aliphatic rings. The van der Waals surface area contributed by atoms with Crippen LogP contribution in [0.5, 0.6) is 0 Å². The molecule has 0 aliphatic heterocycles. The maximum atomic E-state index is 3.87. The zero-order valence-electron chi connectivity index (χ0n) is 9.59. The summed E-state index contributed by atoms with van der Waals surface area (Å²) in [5.41, 5.74) is 0. The quantitative estimate of drug-likeness (QED) is 0.607. The Hall–Kier alpha value is 0.660.